The molecule has 28 heavy (non-hydrogen) atoms. The van der Waals surface area contributed by atoms with Crippen LogP contribution in [0, 0.1) is 21.4 Å². The summed E-state index contributed by atoms with van der Waals surface area (Å²) in [4.78, 5) is 21.3. The molecule has 0 saturated carbocycles. The number of carbonyl (C=O) groups is 1. The van der Waals surface area contributed by atoms with Crippen LogP contribution < -0.4 is 0 Å². The number of nitro benzene ring substituents is 1. The Bertz CT molecular complexity index is 1140. The molecule has 0 saturated heterocycles. The lowest BCUT2D eigenvalue weighted by Crippen LogP contribution is -1.95. The molecule has 3 aromatic rings. The first-order valence-electron chi connectivity index (χ1n) is 7.88. The molecule has 0 fully saturated rings. The van der Waals surface area contributed by atoms with Crippen molar-refractivity contribution in [3.63, 3.8) is 0 Å². The van der Waals surface area contributed by atoms with Crippen molar-refractivity contribution in [3.8, 4) is 17.4 Å². The van der Waals surface area contributed by atoms with Crippen molar-refractivity contribution in [1.29, 1.82) is 5.26 Å². The van der Waals surface area contributed by atoms with E-state index in [-0.39, 0.29) is 11.3 Å². The highest BCUT2D eigenvalue weighted by Gasteiger charge is 2.13. The molecule has 0 aliphatic heterocycles. The van der Waals surface area contributed by atoms with Gasteiger partial charge in [0.1, 0.15) is 11.5 Å². The van der Waals surface area contributed by atoms with Crippen LogP contribution in [0.25, 0.3) is 23.0 Å². The Kier molecular flexibility index (Phi) is 5.38. The Hall–Kier alpha value is -3.70. The van der Waals surface area contributed by atoms with Gasteiger partial charge in [-0.2, -0.15) is 5.26 Å². The van der Waals surface area contributed by atoms with Gasteiger partial charge >= 0.3 is 5.97 Å². The zero-order valence-electron chi connectivity index (χ0n) is 14.1. The van der Waals surface area contributed by atoms with E-state index < -0.39 is 10.9 Å². The fourth-order valence-electron chi connectivity index (χ4n) is 2.51. The van der Waals surface area contributed by atoms with Gasteiger partial charge in [-0.05, 0) is 57.9 Å². The van der Waals surface area contributed by atoms with Crippen molar-refractivity contribution in [3.05, 3.63) is 86.1 Å². The van der Waals surface area contributed by atoms with E-state index in [0.717, 1.165) is 0 Å². The Balaban J connectivity index is 1.91. The molecular formula is C20H11BrN2O5. The Morgan fingerprint density at radius 1 is 1.14 bits per heavy atom. The summed E-state index contributed by atoms with van der Waals surface area (Å²) >= 11 is 3.30. The summed E-state index contributed by atoms with van der Waals surface area (Å²) in [5, 5.41) is 29.2. The summed E-state index contributed by atoms with van der Waals surface area (Å²) in [5.41, 5.74) is 1.58. The molecule has 8 heteroatoms. The van der Waals surface area contributed by atoms with E-state index >= 15 is 0 Å². The number of furan rings is 1. The van der Waals surface area contributed by atoms with Crippen molar-refractivity contribution in [2.45, 2.75) is 0 Å². The zero-order chi connectivity index (χ0) is 20.3. The summed E-state index contributed by atoms with van der Waals surface area (Å²) in [7, 11) is 0. The van der Waals surface area contributed by atoms with Crippen LogP contribution in [0.1, 0.15) is 21.7 Å². The highest BCUT2D eigenvalue weighted by atomic mass is 79.9. The number of aromatic carboxylic acids is 1. The smallest absolute Gasteiger partial charge is 0.335 e. The third-order valence-electron chi connectivity index (χ3n) is 3.91. The molecule has 0 aliphatic rings. The maximum atomic E-state index is 10.9. The quantitative estimate of drug-likeness (QED) is 0.324. The highest BCUT2D eigenvalue weighted by Crippen LogP contribution is 2.33. The Morgan fingerprint density at radius 2 is 1.82 bits per heavy atom. The highest BCUT2D eigenvalue weighted by molar-refractivity contribution is 9.10. The molecule has 0 spiro atoms. The van der Waals surface area contributed by atoms with Crippen LogP contribution in [0.15, 0.2) is 63.5 Å². The number of nitrogens with zero attached hydrogens (tertiary/aromatic N) is 2. The first-order chi connectivity index (χ1) is 13.4. The lowest BCUT2D eigenvalue weighted by Gasteiger charge is -2.01. The summed E-state index contributed by atoms with van der Waals surface area (Å²) < 4.78 is 6.26. The van der Waals surface area contributed by atoms with E-state index in [4.69, 9.17) is 9.52 Å². The number of carboxylic acids is 1. The number of nitriles is 1. The number of carboxylic acid groups (broad SMARTS) is 1. The van der Waals surface area contributed by atoms with E-state index in [1.54, 1.807) is 36.4 Å². The number of nitro groups is 1. The fourth-order valence-corrected chi connectivity index (χ4v) is 3.07. The maximum Gasteiger partial charge on any atom is 0.335 e. The number of allylic oxidation sites excluding steroid dienone is 1. The maximum absolute atomic E-state index is 10.9. The number of rotatable bonds is 5. The molecule has 0 aliphatic carbocycles. The third-order valence-corrected chi connectivity index (χ3v) is 4.56. The van der Waals surface area contributed by atoms with Gasteiger partial charge in [-0.3, -0.25) is 10.1 Å². The topological polar surface area (TPSA) is 117 Å². The Labute approximate surface area is 167 Å². The molecule has 0 radical (unpaired) electrons. The number of halogens is 1. The molecule has 2 aromatic carbocycles. The number of benzene rings is 2. The van der Waals surface area contributed by atoms with Gasteiger partial charge in [0, 0.05) is 22.2 Å². The molecule has 0 bridgehead atoms. The van der Waals surface area contributed by atoms with Crippen LogP contribution in [0.4, 0.5) is 5.69 Å². The van der Waals surface area contributed by atoms with Gasteiger partial charge in [0.25, 0.3) is 5.69 Å². The average molecular weight is 439 g/mol. The first kappa shape index (κ1) is 19.1. The predicted octanol–water partition coefficient (Wildman–Crippen LogP) is 5.38. The van der Waals surface area contributed by atoms with Gasteiger partial charge in [-0.25, -0.2) is 4.79 Å². The van der Waals surface area contributed by atoms with Gasteiger partial charge in [-0.15, -0.1) is 0 Å². The van der Waals surface area contributed by atoms with E-state index in [1.807, 2.05) is 0 Å². The molecule has 0 unspecified atom stereocenters. The van der Waals surface area contributed by atoms with E-state index in [2.05, 4.69) is 22.0 Å². The summed E-state index contributed by atoms with van der Waals surface area (Å²) in [6.45, 7) is 0. The van der Waals surface area contributed by atoms with Gasteiger partial charge < -0.3 is 9.52 Å². The van der Waals surface area contributed by atoms with Crippen LogP contribution in [0.3, 0.4) is 0 Å². The van der Waals surface area contributed by atoms with Gasteiger partial charge in [-0.1, -0.05) is 12.1 Å². The number of non-ortho nitro benzene ring substituents is 1. The van der Waals surface area contributed by atoms with Crippen molar-refractivity contribution in [2.24, 2.45) is 0 Å². The number of hydrogen-bond acceptors (Lipinski definition) is 5. The molecule has 1 aromatic heterocycles. The largest absolute Gasteiger partial charge is 0.478 e. The lowest BCUT2D eigenvalue weighted by atomic mass is 10.0. The van der Waals surface area contributed by atoms with E-state index in [9.17, 15) is 20.2 Å². The third kappa shape index (κ3) is 4.00. The van der Waals surface area contributed by atoms with E-state index in [1.165, 1.54) is 24.3 Å². The lowest BCUT2D eigenvalue weighted by molar-refractivity contribution is -0.384. The minimum absolute atomic E-state index is 0.0427. The monoisotopic (exact) mass is 438 g/mol. The van der Waals surface area contributed by atoms with Crippen LogP contribution in [-0.4, -0.2) is 16.0 Å². The van der Waals surface area contributed by atoms with Crippen LogP contribution in [-0.2, 0) is 0 Å². The van der Waals surface area contributed by atoms with Crippen molar-refractivity contribution >= 4 is 39.2 Å². The van der Waals surface area contributed by atoms with Gasteiger partial charge in [0.15, 0.2) is 0 Å². The summed E-state index contributed by atoms with van der Waals surface area (Å²) in [6, 6.07) is 15.7. The SMILES string of the molecule is N#C/C(=C\c1ccc(-c2ccc([N+](=O)[O-])cc2Br)o1)c1ccc(C(=O)O)cc1. The second kappa shape index (κ2) is 7.90. The van der Waals surface area contributed by atoms with Crippen LogP contribution in [0.2, 0.25) is 0 Å². The van der Waals surface area contributed by atoms with Crippen molar-refractivity contribution in [2.75, 3.05) is 0 Å². The van der Waals surface area contributed by atoms with Gasteiger partial charge in [0.05, 0.1) is 22.1 Å². The Morgan fingerprint density at radius 3 is 2.39 bits per heavy atom. The van der Waals surface area contributed by atoms with Crippen molar-refractivity contribution < 1.29 is 19.2 Å². The predicted molar refractivity (Wildman–Crippen MR) is 105 cm³/mol. The zero-order valence-corrected chi connectivity index (χ0v) is 15.7. The standard InChI is InChI=1S/C20H11BrN2O5/c21-18-10-15(23(26)27)5-7-17(18)19-8-6-16(28-19)9-14(11-22)12-1-3-13(4-2-12)20(24)25/h1-10H,(H,24,25)/b14-9+. The second-order valence-corrected chi connectivity index (χ2v) is 6.53. The minimum atomic E-state index is -1.04. The second-order valence-electron chi connectivity index (χ2n) is 5.68. The minimum Gasteiger partial charge on any atom is -0.478 e. The molecule has 138 valence electrons. The molecule has 3 rings (SSSR count). The van der Waals surface area contributed by atoms with Gasteiger partial charge in [0.2, 0.25) is 0 Å². The number of hydrogen-bond donors (Lipinski definition) is 1. The van der Waals surface area contributed by atoms with Crippen LogP contribution >= 0.6 is 15.9 Å². The van der Waals surface area contributed by atoms with Crippen molar-refractivity contribution in [1.82, 2.24) is 0 Å². The molecule has 1 N–H and O–H groups in total. The van der Waals surface area contributed by atoms with E-state index in [0.29, 0.717) is 32.7 Å². The summed E-state index contributed by atoms with van der Waals surface area (Å²) in [6.07, 6.45) is 1.54. The molecule has 0 atom stereocenters. The fraction of sp³-hybridized carbons (Fsp3) is 0. The molecule has 7 nitrogen and oxygen atoms in total. The molecule has 0 amide bonds. The normalized spacial score (nSPS) is 11.1. The first-order valence-corrected chi connectivity index (χ1v) is 8.68. The average Bonchev–Trinajstić information content (AvgIpc) is 3.14. The molecule has 1 heterocycles. The molecular weight excluding hydrogens is 428 g/mol. The van der Waals surface area contributed by atoms with Crippen LogP contribution in [0.5, 0.6) is 0 Å². The summed E-state index contributed by atoms with van der Waals surface area (Å²) in [5.74, 6) is -0.149.